The SMILES string of the molecule is Cl.O=C(OCC1c2ccccc2-c2ccccc21)N1CCNCC1c1cnc(Cl)c(Cl)c1. The lowest BCUT2D eigenvalue weighted by molar-refractivity contribution is 0.0752. The second kappa shape index (κ2) is 9.67. The van der Waals surface area contributed by atoms with E-state index in [0.717, 1.165) is 5.56 Å². The number of rotatable bonds is 3. The maximum atomic E-state index is 13.1. The molecule has 1 amide bonds. The van der Waals surface area contributed by atoms with Crippen molar-refractivity contribution in [1.29, 1.82) is 0 Å². The van der Waals surface area contributed by atoms with Crippen LogP contribution in [0.4, 0.5) is 4.79 Å². The quantitative estimate of drug-likeness (QED) is 0.478. The second-order valence-corrected chi connectivity index (χ2v) is 8.52. The maximum Gasteiger partial charge on any atom is 0.410 e. The van der Waals surface area contributed by atoms with Crippen LogP contribution in [-0.2, 0) is 4.74 Å². The van der Waals surface area contributed by atoms with Crippen LogP contribution >= 0.6 is 35.6 Å². The summed E-state index contributed by atoms with van der Waals surface area (Å²) in [6, 6.07) is 18.2. The molecule has 32 heavy (non-hydrogen) atoms. The minimum atomic E-state index is -0.334. The largest absolute Gasteiger partial charge is 0.448 e. The van der Waals surface area contributed by atoms with Crippen molar-refractivity contribution >= 4 is 41.7 Å². The van der Waals surface area contributed by atoms with E-state index in [0.29, 0.717) is 31.3 Å². The van der Waals surface area contributed by atoms with Crippen molar-refractivity contribution in [3.05, 3.63) is 87.7 Å². The number of halogens is 3. The number of fused-ring (bicyclic) bond motifs is 3. The highest BCUT2D eigenvalue weighted by molar-refractivity contribution is 6.41. The minimum absolute atomic E-state index is 0. The molecule has 8 heteroatoms. The zero-order valence-electron chi connectivity index (χ0n) is 17.1. The highest BCUT2D eigenvalue weighted by Gasteiger charge is 2.33. The molecule has 1 aromatic heterocycles. The molecule has 2 heterocycles. The van der Waals surface area contributed by atoms with Crippen LogP contribution in [0.5, 0.6) is 0 Å². The third kappa shape index (κ3) is 4.18. The zero-order valence-corrected chi connectivity index (χ0v) is 19.5. The summed E-state index contributed by atoms with van der Waals surface area (Å²) in [4.78, 5) is 19.0. The Morgan fingerprint density at radius 1 is 1.09 bits per heavy atom. The summed E-state index contributed by atoms with van der Waals surface area (Å²) < 4.78 is 5.86. The van der Waals surface area contributed by atoms with Gasteiger partial charge in [-0.3, -0.25) is 4.90 Å². The fraction of sp³-hybridized carbons (Fsp3) is 0.250. The zero-order chi connectivity index (χ0) is 21.4. The lowest BCUT2D eigenvalue weighted by atomic mass is 9.98. The van der Waals surface area contributed by atoms with E-state index in [-0.39, 0.29) is 35.6 Å². The number of amides is 1. The van der Waals surface area contributed by atoms with Crippen LogP contribution in [0.25, 0.3) is 11.1 Å². The molecule has 166 valence electrons. The number of hydrogen-bond donors (Lipinski definition) is 1. The van der Waals surface area contributed by atoms with Crippen molar-refractivity contribution in [2.45, 2.75) is 12.0 Å². The van der Waals surface area contributed by atoms with Crippen LogP contribution in [0.15, 0.2) is 60.8 Å². The molecular formula is C24H22Cl3N3O2. The van der Waals surface area contributed by atoms with Crippen LogP contribution in [0.3, 0.4) is 0 Å². The van der Waals surface area contributed by atoms with Gasteiger partial charge in [0.25, 0.3) is 0 Å². The molecule has 1 saturated heterocycles. The van der Waals surface area contributed by atoms with Gasteiger partial charge in [-0.2, -0.15) is 0 Å². The first-order valence-corrected chi connectivity index (χ1v) is 11.0. The number of aromatic nitrogens is 1. The number of carbonyl (C=O) groups excluding carboxylic acids is 1. The standard InChI is InChI=1S/C24H21Cl2N3O2.ClH/c25-21-11-15(12-28-23(21)26)22-13-27-9-10-29(22)24(30)31-14-20-18-7-3-1-5-16(18)17-6-2-4-8-19(17)20;/h1-8,11-12,20,22,27H,9-10,13-14H2;1H. The molecule has 5 rings (SSSR count). The topological polar surface area (TPSA) is 54.5 Å². The van der Waals surface area contributed by atoms with E-state index in [4.69, 9.17) is 27.9 Å². The van der Waals surface area contributed by atoms with Crippen molar-refractivity contribution in [3.8, 4) is 11.1 Å². The number of pyridine rings is 1. The van der Waals surface area contributed by atoms with E-state index >= 15 is 0 Å². The van der Waals surface area contributed by atoms with Gasteiger partial charge in [-0.25, -0.2) is 9.78 Å². The fourth-order valence-corrected chi connectivity index (χ4v) is 4.79. The Labute approximate surface area is 203 Å². The Hall–Kier alpha value is -2.31. The van der Waals surface area contributed by atoms with Crippen molar-refractivity contribution in [3.63, 3.8) is 0 Å². The van der Waals surface area contributed by atoms with Crippen LogP contribution in [0.2, 0.25) is 10.2 Å². The number of ether oxygens (including phenoxy) is 1. The Kier molecular flexibility index (Phi) is 6.91. The van der Waals surface area contributed by atoms with Crippen molar-refractivity contribution in [2.24, 2.45) is 0 Å². The summed E-state index contributed by atoms with van der Waals surface area (Å²) in [5.74, 6) is 0.0318. The minimum Gasteiger partial charge on any atom is -0.448 e. The molecule has 1 atom stereocenters. The van der Waals surface area contributed by atoms with Crippen molar-refractivity contribution in [1.82, 2.24) is 15.2 Å². The number of hydrogen-bond acceptors (Lipinski definition) is 4. The van der Waals surface area contributed by atoms with Gasteiger partial charge in [0.2, 0.25) is 0 Å². The maximum absolute atomic E-state index is 13.1. The molecule has 1 aliphatic carbocycles. The summed E-state index contributed by atoms with van der Waals surface area (Å²) in [6.45, 7) is 2.14. The molecule has 3 aromatic rings. The van der Waals surface area contributed by atoms with Crippen LogP contribution < -0.4 is 5.32 Å². The third-order valence-electron chi connectivity index (χ3n) is 6.02. The number of carbonyl (C=O) groups is 1. The average Bonchev–Trinajstić information content (AvgIpc) is 3.13. The molecule has 0 bridgehead atoms. The summed E-state index contributed by atoms with van der Waals surface area (Å²) >= 11 is 12.1. The van der Waals surface area contributed by atoms with Crippen molar-refractivity contribution < 1.29 is 9.53 Å². The normalized spacial score (nSPS) is 17.3. The van der Waals surface area contributed by atoms with Gasteiger partial charge in [-0.15, -0.1) is 12.4 Å². The smallest absolute Gasteiger partial charge is 0.410 e. The fourth-order valence-electron chi connectivity index (χ4n) is 4.52. The Bertz CT molecular complexity index is 1100. The van der Waals surface area contributed by atoms with E-state index in [1.807, 2.05) is 24.3 Å². The Balaban J connectivity index is 0.00000245. The molecule has 5 nitrogen and oxygen atoms in total. The van der Waals surface area contributed by atoms with Crippen LogP contribution in [0.1, 0.15) is 28.7 Å². The highest BCUT2D eigenvalue weighted by Crippen LogP contribution is 2.44. The third-order valence-corrected chi connectivity index (χ3v) is 6.70. The number of nitrogens with zero attached hydrogens (tertiary/aromatic N) is 2. The van der Waals surface area contributed by atoms with Gasteiger partial charge in [-0.05, 0) is 33.9 Å². The van der Waals surface area contributed by atoms with Gasteiger partial charge in [-0.1, -0.05) is 71.7 Å². The molecule has 1 N–H and O–H groups in total. The van der Waals surface area contributed by atoms with E-state index in [1.165, 1.54) is 22.3 Å². The Morgan fingerprint density at radius 2 is 1.75 bits per heavy atom. The van der Waals surface area contributed by atoms with Gasteiger partial charge in [0, 0.05) is 31.7 Å². The van der Waals surface area contributed by atoms with Gasteiger partial charge in [0.05, 0.1) is 11.1 Å². The van der Waals surface area contributed by atoms with E-state index in [2.05, 4.69) is 34.6 Å². The monoisotopic (exact) mass is 489 g/mol. The summed E-state index contributed by atoms with van der Waals surface area (Å²) in [6.07, 6.45) is 1.33. The lowest BCUT2D eigenvalue weighted by Crippen LogP contribution is -2.49. The first-order chi connectivity index (χ1) is 15.1. The molecule has 1 aliphatic heterocycles. The molecule has 2 aromatic carbocycles. The van der Waals surface area contributed by atoms with E-state index in [9.17, 15) is 4.79 Å². The second-order valence-electron chi connectivity index (χ2n) is 7.76. The van der Waals surface area contributed by atoms with E-state index < -0.39 is 0 Å². The molecule has 1 fully saturated rings. The lowest BCUT2D eigenvalue weighted by Gasteiger charge is -2.35. The van der Waals surface area contributed by atoms with E-state index in [1.54, 1.807) is 17.2 Å². The summed E-state index contributed by atoms with van der Waals surface area (Å²) in [5, 5.41) is 3.95. The summed E-state index contributed by atoms with van der Waals surface area (Å²) in [5.41, 5.74) is 5.64. The Morgan fingerprint density at radius 3 is 2.41 bits per heavy atom. The predicted molar refractivity (Wildman–Crippen MR) is 129 cm³/mol. The number of benzene rings is 2. The van der Waals surface area contributed by atoms with Gasteiger partial charge >= 0.3 is 6.09 Å². The van der Waals surface area contributed by atoms with Crippen LogP contribution in [-0.4, -0.2) is 42.2 Å². The molecule has 0 saturated carbocycles. The molecular weight excluding hydrogens is 469 g/mol. The van der Waals surface area contributed by atoms with Crippen LogP contribution in [0, 0.1) is 0 Å². The molecule has 0 radical (unpaired) electrons. The predicted octanol–water partition coefficient (Wildman–Crippen LogP) is 5.71. The average molecular weight is 491 g/mol. The highest BCUT2D eigenvalue weighted by atomic mass is 35.5. The van der Waals surface area contributed by atoms with Gasteiger partial charge in [0.15, 0.2) is 0 Å². The number of nitrogens with one attached hydrogen (secondary N) is 1. The number of piperazine rings is 1. The van der Waals surface area contributed by atoms with Crippen molar-refractivity contribution in [2.75, 3.05) is 26.2 Å². The molecule has 0 spiro atoms. The molecule has 2 aliphatic rings. The summed E-state index contributed by atoms with van der Waals surface area (Å²) in [7, 11) is 0. The molecule has 1 unspecified atom stereocenters. The van der Waals surface area contributed by atoms with Gasteiger partial charge < -0.3 is 10.1 Å². The first-order valence-electron chi connectivity index (χ1n) is 10.3. The van der Waals surface area contributed by atoms with Gasteiger partial charge in [0.1, 0.15) is 11.8 Å². The first kappa shape index (κ1) is 22.9.